The average Bonchev–Trinajstić information content (AvgIpc) is 2.39. The van der Waals surface area contributed by atoms with Crippen LogP contribution in [0.4, 0.5) is 5.69 Å². The highest BCUT2D eigenvalue weighted by atomic mass is 35.5. The van der Waals surface area contributed by atoms with Gasteiger partial charge in [-0.1, -0.05) is 0 Å². The van der Waals surface area contributed by atoms with Crippen LogP contribution in [0.5, 0.6) is 5.75 Å². The molecule has 0 N–H and O–H groups in total. The third-order valence-corrected chi connectivity index (χ3v) is 3.01. The van der Waals surface area contributed by atoms with Gasteiger partial charge in [-0.05, 0) is 35.9 Å². The maximum absolute atomic E-state index is 10.6. The number of nitrogens with zero attached hydrogens (tertiary/aromatic N) is 1. The molecule has 19 heavy (non-hydrogen) atoms. The molecule has 1 aromatic carbocycles. The molecule has 0 spiro atoms. The maximum atomic E-state index is 10.6. The second-order valence-corrected chi connectivity index (χ2v) is 4.99. The van der Waals surface area contributed by atoms with E-state index in [4.69, 9.17) is 39.5 Å². The third kappa shape index (κ3) is 6.37. The maximum Gasteiger partial charge on any atom is 0.225 e. The van der Waals surface area contributed by atoms with Gasteiger partial charge in [0.1, 0.15) is 5.75 Å². The molecule has 0 aromatic heterocycles. The topological polar surface area (TPSA) is 29.5 Å². The van der Waals surface area contributed by atoms with Crippen LogP contribution in [0.2, 0.25) is 0 Å². The van der Waals surface area contributed by atoms with E-state index >= 15 is 0 Å². The number of benzene rings is 1. The molecule has 1 aromatic rings. The van der Waals surface area contributed by atoms with Crippen molar-refractivity contribution < 1.29 is 9.53 Å². The Morgan fingerprint density at radius 2 is 1.68 bits per heavy atom. The van der Waals surface area contributed by atoms with E-state index in [-0.39, 0.29) is 13.0 Å². The summed E-state index contributed by atoms with van der Waals surface area (Å²) in [4.78, 5) is 12.7. The second kappa shape index (κ2) is 9.29. The van der Waals surface area contributed by atoms with Crippen molar-refractivity contribution in [2.45, 2.75) is 6.42 Å². The summed E-state index contributed by atoms with van der Waals surface area (Å²) in [5.74, 6) is 1.80. The van der Waals surface area contributed by atoms with Gasteiger partial charge < -0.3 is 9.64 Å². The van der Waals surface area contributed by atoms with E-state index in [9.17, 15) is 4.79 Å². The smallest absolute Gasteiger partial charge is 0.225 e. The summed E-state index contributed by atoms with van der Waals surface area (Å²) in [7, 11) is 0. The van der Waals surface area contributed by atoms with Crippen LogP contribution in [-0.4, -0.2) is 36.7 Å². The highest BCUT2D eigenvalue weighted by molar-refractivity contribution is 6.63. The zero-order chi connectivity index (χ0) is 14.1. The second-order valence-electron chi connectivity index (χ2n) is 3.81. The molecule has 3 nitrogen and oxygen atoms in total. The van der Waals surface area contributed by atoms with Gasteiger partial charge in [0.2, 0.25) is 5.24 Å². The molecule has 0 aliphatic heterocycles. The lowest BCUT2D eigenvalue weighted by Crippen LogP contribution is -2.27. The Hall–Kier alpha value is -0.640. The molecule has 0 fully saturated rings. The summed E-state index contributed by atoms with van der Waals surface area (Å²) < 4.78 is 5.40. The molecule has 0 unspecified atom stereocenters. The highest BCUT2D eigenvalue weighted by Gasteiger charge is 2.05. The minimum atomic E-state index is -0.396. The molecule has 0 amide bonds. The van der Waals surface area contributed by atoms with Gasteiger partial charge in [0, 0.05) is 30.5 Å². The minimum Gasteiger partial charge on any atom is -0.493 e. The Labute approximate surface area is 128 Å². The van der Waals surface area contributed by atoms with Crippen LogP contribution in [-0.2, 0) is 4.79 Å². The van der Waals surface area contributed by atoms with Crippen molar-refractivity contribution in [3.8, 4) is 5.75 Å². The van der Waals surface area contributed by atoms with Crippen molar-refractivity contribution in [3.63, 3.8) is 0 Å². The quantitative estimate of drug-likeness (QED) is 0.514. The lowest BCUT2D eigenvalue weighted by molar-refractivity contribution is -0.112. The first-order valence-corrected chi connectivity index (χ1v) is 7.40. The van der Waals surface area contributed by atoms with Crippen molar-refractivity contribution in [2.75, 3.05) is 36.4 Å². The Morgan fingerprint density at radius 1 is 1.11 bits per heavy atom. The molecule has 0 saturated heterocycles. The van der Waals surface area contributed by atoms with Crippen molar-refractivity contribution in [1.29, 1.82) is 0 Å². The lowest BCUT2D eigenvalue weighted by Gasteiger charge is -2.23. The number of hydrogen-bond acceptors (Lipinski definition) is 3. The largest absolute Gasteiger partial charge is 0.493 e. The molecule has 0 radical (unpaired) electrons. The molecule has 0 aliphatic carbocycles. The van der Waals surface area contributed by atoms with Crippen LogP contribution in [0.25, 0.3) is 0 Å². The summed E-state index contributed by atoms with van der Waals surface area (Å²) in [6.45, 7) is 1.78. The summed E-state index contributed by atoms with van der Waals surface area (Å²) in [6.07, 6.45) is 0.202. The van der Waals surface area contributed by atoms with E-state index in [0.717, 1.165) is 18.8 Å². The van der Waals surface area contributed by atoms with E-state index in [1.54, 1.807) is 0 Å². The Bertz CT molecular complexity index is 378. The van der Waals surface area contributed by atoms with Gasteiger partial charge >= 0.3 is 0 Å². The molecule has 106 valence electrons. The van der Waals surface area contributed by atoms with Crippen LogP contribution in [0, 0.1) is 0 Å². The minimum absolute atomic E-state index is 0.202. The molecule has 0 saturated carbocycles. The number of carbonyl (C=O) groups is 1. The van der Waals surface area contributed by atoms with Crippen LogP contribution < -0.4 is 9.64 Å². The van der Waals surface area contributed by atoms with E-state index in [1.807, 2.05) is 24.3 Å². The van der Waals surface area contributed by atoms with Crippen LogP contribution >= 0.6 is 34.8 Å². The van der Waals surface area contributed by atoms with E-state index in [0.29, 0.717) is 17.5 Å². The fourth-order valence-electron chi connectivity index (χ4n) is 1.58. The van der Waals surface area contributed by atoms with Crippen LogP contribution in [0.15, 0.2) is 24.3 Å². The average molecular weight is 325 g/mol. The number of halogens is 3. The number of carbonyl (C=O) groups excluding carboxylic acids is 1. The standard InChI is InChI=1S/C13H16Cl3NO2/c14-6-8-17(9-7-15)11-1-3-12(4-2-11)19-10-5-13(16)18/h1-4H,5-10H2. The summed E-state index contributed by atoms with van der Waals surface area (Å²) >= 11 is 16.7. The summed E-state index contributed by atoms with van der Waals surface area (Å²) in [5, 5.41) is -0.396. The highest BCUT2D eigenvalue weighted by Crippen LogP contribution is 2.19. The molecule has 0 atom stereocenters. The number of hydrogen-bond donors (Lipinski definition) is 0. The van der Waals surface area contributed by atoms with E-state index < -0.39 is 5.24 Å². The van der Waals surface area contributed by atoms with Crippen molar-refractivity contribution in [2.24, 2.45) is 0 Å². The van der Waals surface area contributed by atoms with Crippen molar-refractivity contribution >= 4 is 45.7 Å². The van der Waals surface area contributed by atoms with E-state index in [2.05, 4.69) is 4.90 Å². The summed E-state index contributed by atoms with van der Waals surface area (Å²) in [5.41, 5.74) is 1.04. The number of ether oxygens (including phenoxy) is 1. The summed E-state index contributed by atoms with van der Waals surface area (Å²) in [6, 6.07) is 7.58. The van der Waals surface area contributed by atoms with Crippen LogP contribution in [0.1, 0.15) is 6.42 Å². The molecule has 0 aliphatic rings. The number of anilines is 1. The molecular weight excluding hydrogens is 309 g/mol. The number of rotatable bonds is 9. The van der Waals surface area contributed by atoms with Gasteiger partial charge in [-0.2, -0.15) is 0 Å². The van der Waals surface area contributed by atoms with Crippen molar-refractivity contribution in [3.05, 3.63) is 24.3 Å². The fourth-order valence-corrected chi connectivity index (χ4v) is 2.06. The van der Waals surface area contributed by atoms with Crippen LogP contribution in [0.3, 0.4) is 0 Å². The van der Waals surface area contributed by atoms with E-state index in [1.165, 1.54) is 0 Å². The SMILES string of the molecule is O=C(Cl)CCOc1ccc(N(CCCl)CCCl)cc1. The van der Waals surface area contributed by atoms with Crippen molar-refractivity contribution in [1.82, 2.24) is 0 Å². The molecule has 1 rings (SSSR count). The lowest BCUT2D eigenvalue weighted by atomic mass is 10.2. The zero-order valence-electron chi connectivity index (χ0n) is 10.4. The normalized spacial score (nSPS) is 10.3. The van der Waals surface area contributed by atoms with Gasteiger partial charge in [0.05, 0.1) is 13.0 Å². The Morgan fingerprint density at radius 3 is 2.16 bits per heavy atom. The van der Waals surface area contributed by atoms with Gasteiger partial charge in [0.25, 0.3) is 0 Å². The first kappa shape index (κ1) is 16.4. The molecule has 0 bridgehead atoms. The predicted molar refractivity (Wildman–Crippen MR) is 81.1 cm³/mol. The molecular formula is C13H16Cl3NO2. The number of alkyl halides is 2. The van der Waals surface area contributed by atoms with Gasteiger partial charge in [-0.15, -0.1) is 23.2 Å². The van der Waals surface area contributed by atoms with Gasteiger partial charge in [-0.25, -0.2) is 0 Å². The Kier molecular flexibility index (Phi) is 8.03. The predicted octanol–water partition coefficient (Wildman–Crippen LogP) is 3.50. The molecule has 0 heterocycles. The monoisotopic (exact) mass is 323 g/mol. The Balaban J connectivity index is 2.55. The van der Waals surface area contributed by atoms with Gasteiger partial charge in [0.15, 0.2) is 0 Å². The third-order valence-electron chi connectivity index (χ3n) is 2.48. The first-order chi connectivity index (χ1) is 9.17. The van der Waals surface area contributed by atoms with Gasteiger partial charge in [-0.3, -0.25) is 4.79 Å². The molecule has 6 heteroatoms. The first-order valence-electron chi connectivity index (χ1n) is 5.95. The fraction of sp³-hybridized carbons (Fsp3) is 0.462. The zero-order valence-corrected chi connectivity index (χ0v) is 12.7.